The van der Waals surface area contributed by atoms with Gasteiger partial charge in [-0.3, -0.25) is 0 Å². The summed E-state index contributed by atoms with van der Waals surface area (Å²) in [7, 11) is 1.69. The minimum atomic E-state index is 0.289. The molecule has 0 fully saturated rings. The molecule has 1 rings (SSSR count). The molecular weight excluding hydrogens is 190 g/mol. The summed E-state index contributed by atoms with van der Waals surface area (Å²) in [5.41, 5.74) is 1.82. The van der Waals surface area contributed by atoms with Crippen LogP contribution in [0.1, 0.15) is 18.9 Å². The van der Waals surface area contributed by atoms with Gasteiger partial charge in [0, 0.05) is 24.9 Å². The number of phenolic OH excluding ortho intramolecular Hbond substituents is 1. The first-order valence-electron chi connectivity index (χ1n) is 5.22. The summed E-state index contributed by atoms with van der Waals surface area (Å²) in [5.74, 6) is 0.326. The van der Waals surface area contributed by atoms with Gasteiger partial charge in [-0.15, -0.1) is 0 Å². The summed E-state index contributed by atoms with van der Waals surface area (Å²) >= 11 is 0. The zero-order valence-corrected chi connectivity index (χ0v) is 9.58. The molecule has 0 aliphatic heterocycles. The Morgan fingerprint density at radius 1 is 1.47 bits per heavy atom. The van der Waals surface area contributed by atoms with Crippen molar-refractivity contribution in [3.8, 4) is 5.75 Å². The molecule has 0 heterocycles. The molecule has 2 N–H and O–H groups in total. The lowest BCUT2D eigenvalue weighted by Crippen LogP contribution is -2.23. The normalized spacial score (nSPS) is 12.5. The average Bonchev–Trinajstić information content (AvgIpc) is 2.23. The van der Waals surface area contributed by atoms with Crippen LogP contribution in [0.3, 0.4) is 0 Å². The molecular formula is C12H19NO2. The molecule has 0 aliphatic carbocycles. The smallest absolute Gasteiger partial charge is 0.120 e. The topological polar surface area (TPSA) is 41.5 Å². The van der Waals surface area contributed by atoms with Crippen molar-refractivity contribution in [2.45, 2.75) is 26.3 Å². The highest BCUT2D eigenvalue weighted by molar-refractivity contribution is 5.51. The van der Waals surface area contributed by atoms with Crippen LogP contribution in [0, 0.1) is 6.92 Å². The number of ether oxygens (including phenoxy) is 1. The fourth-order valence-electron chi connectivity index (χ4n) is 1.40. The van der Waals surface area contributed by atoms with Crippen molar-refractivity contribution < 1.29 is 9.84 Å². The van der Waals surface area contributed by atoms with Crippen LogP contribution in [0.25, 0.3) is 0 Å². The van der Waals surface area contributed by atoms with E-state index in [1.807, 2.05) is 19.1 Å². The van der Waals surface area contributed by atoms with E-state index in [1.54, 1.807) is 13.2 Å². The molecule has 0 amide bonds. The first-order valence-corrected chi connectivity index (χ1v) is 5.22. The molecule has 3 nitrogen and oxygen atoms in total. The molecule has 0 spiro atoms. The number of benzene rings is 1. The maximum absolute atomic E-state index is 9.54. The Kier molecular flexibility index (Phi) is 4.43. The van der Waals surface area contributed by atoms with E-state index >= 15 is 0 Å². The second-order valence-corrected chi connectivity index (χ2v) is 3.71. The van der Waals surface area contributed by atoms with Crippen molar-refractivity contribution in [1.29, 1.82) is 0 Å². The summed E-state index contributed by atoms with van der Waals surface area (Å²) in [6.45, 7) is 4.65. The first-order chi connectivity index (χ1) is 7.17. The molecule has 0 bridgehead atoms. The summed E-state index contributed by atoms with van der Waals surface area (Å²) in [6, 6.07) is 5.90. The number of methoxy groups -OCH3 is 1. The van der Waals surface area contributed by atoms with Gasteiger partial charge in [0.15, 0.2) is 0 Å². The molecule has 0 saturated carbocycles. The third-order valence-electron chi connectivity index (χ3n) is 2.44. The predicted molar refractivity (Wildman–Crippen MR) is 62.4 cm³/mol. The van der Waals surface area contributed by atoms with Gasteiger partial charge in [0.1, 0.15) is 5.75 Å². The molecule has 0 aliphatic rings. The zero-order chi connectivity index (χ0) is 11.3. The van der Waals surface area contributed by atoms with Crippen molar-refractivity contribution in [2.75, 3.05) is 19.0 Å². The Labute approximate surface area is 91.1 Å². The van der Waals surface area contributed by atoms with Crippen LogP contribution in [0.4, 0.5) is 5.69 Å². The van der Waals surface area contributed by atoms with Gasteiger partial charge < -0.3 is 15.2 Å². The van der Waals surface area contributed by atoms with Gasteiger partial charge in [0.2, 0.25) is 0 Å². The van der Waals surface area contributed by atoms with Crippen LogP contribution in [-0.2, 0) is 4.74 Å². The SMILES string of the molecule is CCC(COC)Nc1ccc(C)c(O)c1. The number of hydrogen-bond acceptors (Lipinski definition) is 3. The van der Waals surface area contributed by atoms with Crippen molar-refractivity contribution >= 4 is 5.69 Å². The Balaban J connectivity index is 2.66. The number of phenols is 1. The second-order valence-electron chi connectivity index (χ2n) is 3.71. The molecule has 0 saturated heterocycles. The minimum absolute atomic E-state index is 0.289. The van der Waals surface area contributed by atoms with Gasteiger partial charge in [-0.2, -0.15) is 0 Å². The summed E-state index contributed by atoms with van der Waals surface area (Å²) in [6.07, 6.45) is 0.989. The van der Waals surface area contributed by atoms with Crippen molar-refractivity contribution in [3.05, 3.63) is 23.8 Å². The Morgan fingerprint density at radius 2 is 2.20 bits per heavy atom. The molecule has 0 radical (unpaired) electrons. The Morgan fingerprint density at radius 3 is 2.73 bits per heavy atom. The van der Waals surface area contributed by atoms with Crippen molar-refractivity contribution in [1.82, 2.24) is 0 Å². The van der Waals surface area contributed by atoms with E-state index in [2.05, 4.69) is 12.2 Å². The fraction of sp³-hybridized carbons (Fsp3) is 0.500. The quantitative estimate of drug-likeness (QED) is 0.783. The van der Waals surface area contributed by atoms with Crippen LogP contribution < -0.4 is 5.32 Å². The van der Waals surface area contributed by atoms with E-state index in [0.29, 0.717) is 12.4 Å². The number of aromatic hydroxyl groups is 1. The monoisotopic (exact) mass is 209 g/mol. The molecule has 3 heteroatoms. The lowest BCUT2D eigenvalue weighted by molar-refractivity contribution is 0.184. The number of rotatable bonds is 5. The molecule has 1 atom stereocenters. The highest BCUT2D eigenvalue weighted by Gasteiger charge is 2.06. The summed E-state index contributed by atoms with van der Waals surface area (Å²) in [5, 5.41) is 12.9. The molecule has 84 valence electrons. The van der Waals surface area contributed by atoms with Gasteiger partial charge >= 0.3 is 0 Å². The van der Waals surface area contributed by atoms with Crippen molar-refractivity contribution in [3.63, 3.8) is 0 Å². The van der Waals surface area contributed by atoms with Gasteiger partial charge in [0.05, 0.1) is 6.61 Å². The van der Waals surface area contributed by atoms with E-state index in [4.69, 9.17) is 4.74 Å². The lowest BCUT2D eigenvalue weighted by Gasteiger charge is -2.17. The fourth-order valence-corrected chi connectivity index (χ4v) is 1.40. The van der Waals surface area contributed by atoms with E-state index in [0.717, 1.165) is 17.7 Å². The average molecular weight is 209 g/mol. The number of nitrogens with one attached hydrogen (secondary N) is 1. The van der Waals surface area contributed by atoms with Gasteiger partial charge in [-0.05, 0) is 25.0 Å². The van der Waals surface area contributed by atoms with E-state index in [1.165, 1.54) is 0 Å². The van der Waals surface area contributed by atoms with Gasteiger partial charge in [0.25, 0.3) is 0 Å². The summed E-state index contributed by atoms with van der Waals surface area (Å²) < 4.78 is 5.10. The summed E-state index contributed by atoms with van der Waals surface area (Å²) in [4.78, 5) is 0. The predicted octanol–water partition coefficient (Wildman–Crippen LogP) is 2.54. The Hall–Kier alpha value is -1.22. The van der Waals surface area contributed by atoms with Gasteiger partial charge in [-0.1, -0.05) is 13.0 Å². The van der Waals surface area contributed by atoms with Crippen LogP contribution in [0.2, 0.25) is 0 Å². The highest BCUT2D eigenvalue weighted by atomic mass is 16.5. The maximum atomic E-state index is 9.54. The van der Waals surface area contributed by atoms with Crippen LogP contribution >= 0.6 is 0 Å². The first kappa shape index (κ1) is 11.9. The standard InChI is InChI=1S/C12H19NO2/c1-4-10(8-15-3)13-11-6-5-9(2)12(14)7-11/h5-7,10,13-14H,4,8H2,1-3H3. The van der Waals surface area contributed by atoms with Crippen LogP contribution in [0.5, 0.6) is 5.75 Å². The van der Waals surface area contributed by atoms with E-state index < -0.39 is 0 Å². The maximum Gasteiger partial charge on any atom is 0.120 e. The molecule has 15 heavy (non-hydrogen) atoms. The number of hydrogen-bond donors (Lipinski definition) is 2. The molecule has 1 unspecified atom stereocenters. The molecule has 1 aromatic rings. The third-order valence-corrected chi connectivity index (χ3v) is 2.44. The third kappa shape index (κ3) is 3.44. The van der Waals surface area contributed by atoms with Crippen LogP contribution in [-0.4, -0.2) is 24.9 Å². The second kappa shape index (κ2) is 5.61. The van der Waals surface area contributed by atoms with Gasteiger partial charge in [-0.25, -0.2) is 0 Å². The number of aryl methyl sites for hydroxylation is 1. The van der Waals surface area contributed by atoms with Crippen molar-refractivity contribution in [2.24, 2.45) is 0 Å². The lowest BCUT2D eigenvalue weighted by atomic mass is 10.1. The minimum Gasteiger partial charge on any atom is -0.508 e. The Bertz CT molecular complexity index is 312. The largest absolute Gasteiger partial charge is 0.508 e. The van der Waals surface area contributed by atoms with E-state index in [-0.39, 0.29) is 6.04 Å². The number of anilines is 1. The highest BCUT2D eigenvalue weighted by Crippen LogP contribution is 2.21. The molecule has 0 aromatic heterocycles. The zero-order valence-electron chi connectivity index (χ0n) is 9.58. The van der Waals surface area contributed by atoms with E-state index in [9.17, 15) is 5.11 Å². The van der Waals surface area contributed by atoms with Crippen LogP contribution in [0.15, 0.2) is 18.2 Å². The molecule has 1 aromatic carbocycles.